The summed E-state index contributed by atoms with van der Waals surface area (Å²) in [6, 6.07) is 5.14. The first-order chi connectivity index (χ1) is 8.06. The van der Waals surface area contributed by atoms with Gasteiger partial charge in [-0.1, -0.05) is 18.1 Å². The van der Waals surface area contributed by atoms with E-state index in [1.54, 1.807) is 12.1 Å². The van der Waals surface area contributed by atoms with E-state index in [4.69, 9.17) is 9.94 Å². The second kappa shape index (κ2) is 6.58. The van der Waals surface area contributed by atoms with Gasteiger partial charge in [-0.15, -0.1) is 0 Å². The normalized spacial score (nSPS) is 11.4. The fourth-order valence-electron chi connectivity index (χ4n) is 1.18. The number of hydrogen-bond acceptors (Lipinski definition) is 3. The maximum atomic E-state index is 11.0. The summed E-state index contributed by atoms with van der Waals surface area (Å²) in [5.41, 5.74) is 1.81. The summed E-state index contributed by atoms with van der Waals surface area (Å²) >= 11 is 2.09. The number of nitrogens with zero attached hydrogens (tertiary/aromatic N) is 1. The predicted molar refractivity (Wildman–Crippen MR) is 74.3 cm³/mol. The largest absolute Gasteiger partial charge is 0.478 e. The van der Waals surface area contributed by atoms with E-state index in [0.29, 0.717) is 5.56 Å². The van der Waals surface area contributed by atoms with Crippen molar-refractivity contribution in [2.75, 3.05) is 0 Å². The van der Waals surface area contributed by atoms with Crippen molar-refractivity contribution in [3.05, 3.63) is 32.9 Å². The van der Waals surface area contributed by atoms with Crippen molar-refractivity contribution in [1.29, 1.82) is 0 Å². The molecule has 17 heavy (non-hydrogen) atoms. The van der Waals surface area contributed by atoms with Crippen LogP contribution in [0.4, 0.5) is 0 Å². The maximum Gasteiger partial charge on any atom is 0.336 e. The van der Waals surface area contributed by atoms with E-state index in [1.165, 1.54) is 0 Å². The second-order valence-electron chi connectivity index (χ2n) is 3.52. The molecule has 0 fully saturated rings. The molecule has 1 aromatic rings. The average Bonchev–Trinajstić information content (AvgIpc) is 2.30. The molecule has 0 saturated heterocycles. The molecule has 1 aromatic carbocycles. The van der Waals surface area contributed by atoms with Crippen molar-refractivity contribution in [3.8, 4) is 0 Å². The van der Waals surface area contributed by atoms with Gasteiger partial charge in [0.05, 0.1) is 11.3 Å². The van der Waals surface area contributed by atoms with Crippen LogP contribution in [-0.2, 0) is 11.4 Å². The Bertz CT molecular complexity index is 443. The van der Waals surface area contributed by atoms with E-state index in [1.807, 2.05) is 19.9 Å². The zero-order chi connectivity index (χ0) is 12.8. The molecule has 5 heteroatoms. The third-order valence-corrected chi connectivity index (χ3v) is 3.30. The molecule has 0 spiro atoms. The zero-order valence-electron chi connectivity index (χ0n) is 9.74. The monoisotopic (exact) mass is 347 g/mol. The highest BCUT2D eigenvalue weighted by molar-refractivity contribution is 14.1. The van der Waals surface area contributed by atoms with E-state index < -0.39 is 5.97 Å². The molecule has 0 heterocycles. The van der Waals surface area contributed by atoms with Crippen molar-refractivity contribution in [3.63, 3.8) is 0 Å². The van der Waals surface area contributed by atoms with Gasteiger partial charge in [0.1, 0.15) is 6.61 Å². The minimum atomic E-state index is -0.946. The Labute approximate surface area is 114 Å². The SMILES string of the molecule is CCC(C)=NOCc1c(I)cccc1C(=O)O. The van der Waals surface area contributed by atoms with Gasteiger partial charge >= 0.3 is 5.97 Å². The van der Waals surface area contributed by atoms with Crippen molar-refractivity contribution >= 4 is 34.3 Å². The summed E-state index contributed by atoms with van der Waals surface area (Å²) in [4.78, 5) is 16.2. The van der Waals surface area contributed by atoms with Crippen molar-refractivity contribution in [2.24, 2.45) is 5.16 Å². The Hall–Kier alpha value is -1.11. The fourth-order valence-corrected chi connectivity index (χ4v) is 1.83. The van der Waals surface area contributed by atoms with Gasteiger partial charge in [0.2, 0.25) is 0 Å². The molecule has 0 aromatic heterocycles. The van der Waals surface area contributed by atoms with E-state index in [9.17, 15) is 4.79 Å². The van der Waals surface area contributed by atoms with Crippen molar-refractivity contribution in [2.45, 2.75) is 26.9 Å². The first-order valence-electron chi connectivity index (χ1n) is 5.22. The molecule has 1 N–H and O–H groups in total. The Morgan fingerprint density at radius 2 is 2.24 bits per heavy atom. The van der Waals surface area contributed by atoms with E-state index in [-0.39, 0.29) is 12.2 Å². The molecule has 0 atom stereocenters. The summed E-state index contributed by atoms with van der Waals surface area (Å²) in [7, 11) is 0. The first kappa shape index (κ1) is 14.0. The summed E-state index contributed by atoms with van der Waals surface area (Å²) < 4.78 is 0.867. The lowest BCUT2D eigenvalue weighted by Crippen LogP contribution is -2.05. The van der Waals surface area contributed by atoms with Gasteiger partial charge in [-0.05, 0) is 48.1 Å². The van der Waals surface area contributed by atoms with Gasteiger partial charge in [-0.25, -0.2) is 4.79 Å². The third-order valence-electron chi connectivity index (χ3n) is 2.29. The minimum Gasteiger partial charge on any atom is -0.478 e. The van der Waals surface area contributed by atoms with Crippen LogP contribution in [0.2, 0.25) is 0 Å². The molecular formula is C12H14INO3. The average molecular weight is 347 g/mol. The fraction of sp³-hybridized carbons (Fsp3) is 0.333. The van der Waals surface area contributed by atoms with Crippen LogP contribution in [0, 0.1) is 3.57 Å². The molecule has 0 radical (unpaired) electrons. The zero-order valence-corrected chi connectivity index (χ0v) is 11.9. The Morgan fingerprint density at radius 1 is 1.53 bits per heavy atom. The summed E-state index contributed by atoms with van der Waals surface area (Å²) in [6.07, 6.45) is 0.817. The van der Waals surface area contributed by atoms with Crippen LogP contribution < -0.4 is 0 Å². The highest BCUT2D eigenvalue weighted by Crippen LogP contribution is 2.18. The molecule has 4 nitrogen and oxygen atoms in total. The number of carboxylic acids is 1. The number of hydrogen-bond donors (Lipinski definition) is 1. The van der Waals surface area contributed by atoms with Crippen LogP contribution >= 0.6 is 22.6 Å². The lowest BCUT2D eigenvalue weighted by atomic mass is 10.1. The third kappa shape index (κ3) is 3.99. The predicted octanol–water partition coefficient (Wildman–Crippen LogP) is 3.29. The molecule has 0 aliphatic heterocycles. The lowest BCUT2D eigenvalue weighted by molar-refractivity contribution is 0.0688. The minimum absolute atomic E-state index is 0.179. The first-order valence-corrected chi connectivity index (χ1v) is 6.30. The van der Waals surface area contributed by atoms with E-state index in [0.717, 1.165) is 15.7 Å². The number of aromatic carboxylic acids is 1. The highest BCUT2D eigenvalue weighted by Gasteiger charge is 2.12. The molecule has 0 bridgehead atoms. The number of carbonyl (C=O) groups is 1. The van der Waals surface area contributed by atoms with E-state index in [2.05, 4.69) is 27.7 Å². The Kier molecular flexibility index (Phi) is 5.40. The molecule has 0 aliphatic carbocycles. The number of carboxylic acid groups (broad SMARTS) is 1. The lowest BCUT2D eigenvalue weighted by Gasteiger charge is -2.07. The van der Waals surface area contributed by atoms with Crippen molar-refractivity contribution < 1.29 is 14.7 Å². The molecule has 92 valence electrons. The maximum absolute atomic E-state index is 11.0. The molecule has 0 saturated carbocycles. The van der Waals surface area contributed by atoms with Gasteiger partial charge in [-0.3, -0.25) is 0 Å². The number of oxime groups is 1. The van der Waals surface area contributed by atoms with Crippen LogP contribution in [0.15, 0.2) is 23.4 Å². The molecule has 0 amide bonds. The summed E-state index contributed by atoms with van der Waals surface area (Å²) in [6.45, 7) is 4.03. The highest BCUT2D eigenvalue weighted by atomic mass is 127. The molecule has 1 rings (SSSR count). The van der Waals surface area contributed by atoms with Gasteiger partial charge in [-0.2, -0.15) is 0 Å². The molecule has 0 aliphatic rings. The van der Waals surface area contributed by atoms with Gasteiger partial charge < -0.3 is 9.94 Å². The Morgan fingerprint density at radius 3 is 2.82 bits per heavy atom. The van der Waals surface area contributed by atoms with Gasteiger partial charge in [0.25, 0.3) is 0 Å². The van der Waals surface area contributed by atoms with Crippen LogP contribution in [0.3, 0.4) is 0 Å². The summed E-state index contributed by atoms with van der Waals surface area (Å²) in [5.74, 6) is -0.946. The van der Waals surface area contributed by atoms with Crippen LogP contribution in [0.1, 0.15) is 36.2 Å². The van der Waals surface area contributed by atoms with Crippen LogP contribution in [0.5, 0.6) is 0 Å². The number of rotatable bonds is 5. The quantitative estimate of drug-likeness (QED) is 0.505. The van der Waals surface area contributed by atoms with Crippen LogP contribution in [0.25, 0.3) is 0 Å². The topological polar surface area (TPSA) is 58.9 Å². The van der Waals surface area contributed by atoms with Gasteiger partial charge in [0, 0.05) is 9.13 Å². The second-order valence-corrected chi connectivity index (χ2v) is 4.69. The van der Waals surface area contributed by atoms with Crippen LogP contribution in [-0.4, -0.2) is 16.8 Å². The molecule has 0 unspecified atom stereocenters. The Balaban J connectivity index is 2.86. The van der Waals surface area contributed by atoms with Crippen molar-refractivity contribution in [1.82, 2.24) is 0 Å². The van der Waals surface area contributed by atoms with Gasteiger partial charge in [0.15, 0.2) is 0 Å². The number of benzene rings is 1. The standard InChI is InChI=1S/C12H14INO3/c1-3-8(2)14-17-7-10-9(12(15)16)5-4-6-11(10)13/h4-6H,3,7H2,1-2H3,(H,15,16). The smallest absolute Gasteiger partial charge is 0.336 e. The molecular weight excluding hydrogens is 333 g/mol. The van der Waals surface area contributed by atoms with E-state index >= 15 is 0 Å². The summed E-state index contributed by atoms with van der Waals surface area (Å²) in [5, 5.41) is 12.9. The number of halogens is 1.